The van der Waals surface area contributed by atoms with Gasteiger partial charge in [-0.25, -0.2) is 4.98 Å². The molecule has 1 aliphatic rings. The van der Waals surface area contributed by atoms with E-state index in [4.69, 9.17) is 0 Å². The summed E-state index contributed by atoms with van der Waals surface area (Å²) in [6, 6.07) is 2.98. The van der Waals surface area contributed by atoms with E-state index in [-0.39, 0.29) is 11.5 Å². The third-order valence-corrected chi connectivity index (χ3v) is 3.34. The molecular formula is C13H17FN2O2. The summed E-state index contributed by atoms with van der Waals surface area (Å²) in [6.07, 6.45) is 3.22. The van der Waals surface area contributed by atoms with Gasteiger partial charge in [0.1, 0.15) is 0 Å². The number of hydrogen-bond donors (Lipinski definition) is 1. The van der Waals surface area contributed by atoms with Crippen LogP contribution >= 0.6 is 0 Å². The van der Waals surface area contributed by atoms with Gasteiger partial charge >= 0.3 is 0 Å². The third kappa shape index (κ3) is 2.85. The summed E-state index contributed by atoms with van der Waals surface area (Å²) in [7, 11) is 0. The summed E-state index contributed by atoms with van der Waals surface area (Å²) in [5, 5.41) is 9.95. The quantitative estimate of drug-likeness (QED) is 0.772. The molecule has 1 unspecified atom stereocenters. The fraction of sp³-hybridized carbons (Fsp3) is 0.538. The van der Waals surface area contributed by atoms with Crippen LogP contribution in [0, 0.1) is 5.95 Å². The van der Waals surface area contributed by atoms with Crippen molar-refractivity contribution in [3.05, 3.63) is 29.8 Å². The van der Waals surface area contributed by atoms with E-state index in [1.807, 2.05) is 0 Å². The molecule has 18 heavy (non-hydrogen) atoms. The fourth-order valence-corrected chi connectivity index (χ4v) is 2.18. The Balaban J connectivity index is 2.13. The van der Waals surface area contributed by atoms with Crippen LogP contribution in [-0.2, 0) is 0 Å². The van der Waals surface area contributed by atoms with Crippen LogP contribution in [0.3, 0.4) is 0 Å². The number of amides is 1. The topological polar surface area (TPSA) is 53.4 Å². The Labute approximate surface area is 105 Å². The Morgan fingerprint density at radius 3 is 3.00 bits per heavy atom. The lowest BCUT2D eigenvalue weighted by molar-refractivity contribution is 0.0437. The highest BCUT2D eigenvalue weighted by molar-refractivity contribution is 5.94. The molecule has 2 heterocycles. The maximum Gasteiger partial charge on any atom is 0.258 e. The van der Waals surface area contributed by atoms with Crippen LogP contribution in [0.4, 0.5) is 4.39 Å². The number of aromatic nitrogens is 1. The number of likely N-dealkylation sites (tertiary alicyclic amines) is 1. The minimum absolute atomic E-state index is 0.000886. The number of hydrogen-bond acceptors (Lipinski definition) is 3. The van der Waals surface area contributed by atoms with Gasteiger partial charge in [0.05, 0.1) is 11.2 Å². The van der Waals surface area contributed by atoms with Gasteiger partial charge in [-0.15, -0.1) is 0 Å². The molecule has 2 rings (SSSR count). The Bertz CT molecular complexity index is 448. The first-order valence-electron chi connectivity index (χ1n) is 6.12. The van der Waals surface area contributed by atoms with Crippen molar-refractivity contribution >= 4 is 5.91 Å². The van der Waals surface area contributed by atoms with E-state index in [9.17, 15) is 14.3 Å². The standard InChI is InChI=1S/C13H17FN2O2/c1-13(18)5-3-8-16(9-6-13)12(17)10-4-2-7-15-11(10)14/h2,4,7,18H,3,5-6,8-9H2,1H3. The normalized spacial score (nSPS) is 24.7. The van der Waals surface area contributed by atoms with E-state index < -0.39 is 11.5 Å². The predicted octanol–water partition coefficient (Wildman–Crippen LogP) is 1.60. The first-order chi connectivity index (χ1) is 8.49. The summed E-state index contributed by atoms with van der Waals surface area (Å²) in [5.74, 6) is -1.09. The second-order valence-corrected chi connectivity index (χ2v) is 4.98. The van der Waals surface area contributed by atoms with Gasteiger partial charge in [0, 0.05) is 19.3 Å². The van der Waals surface area contributed by atoms with Gasteiger partial charge in [0.25, 0.3) is 5.91 Å². The lowest BCUT2D eigenvalue weighted by atomic mass is 9.98. The molecule has 1 atom stereocenters. The molecule has 5 heteroatoms. The van der Waals surface area contributed by atoms with Crippen molar-refractivity contribution in [1.82, 2.24) is 9.88 Å². The Hall–Kier alpha value is -1.49. The zero-order valence-electron chi connectivity index (χ0n) is 10.4. The molecule has 0 aliphatic carbocycles. The molecule has 1 saturated heterocycles. The largest absolute Gasteiger partial charge is 0.390 e. The molecule has 0 bridgehead atoms. The average molecular weight is 252 g/mol. The Kier molecular flexibility index (Phi) is 3.61. The maximum absolute atomic E-state index is 13.4. The molecule has 1 aromatic heterocycles. The lowest BCUT2D eigenvalue weighted by Crippen LogP contribution is -2.34. The molecule has 0 radical (unpaired) electrons. The molecular weight excluding hydrogens is 235 g/mol. The highest BCUT2D eigenvalue weighted by atomic mass is 19.1. The maximum atomic E-state index is 13.4. The number of carbonyl (C=O) groups is 1. The number of pyridine rings is 1. The average Bonchev–Trinajstić information content (AvgIpc) is 2.50. The number of aliphatic hydroxyl groups is 1. The molecule has 0 aromatic carbocycles. The fourth-order valence-electron chi connectivity index (χ4n) is 2.18. The van der Waals surface area contributed by atoms with Crippen LogP contribution in [0.5, 0.6) is 0 Å². The Morgan fingerprint density at radius 1 is 1.50 bits per heavy atom. The summed E-state index contributed by atoms with van der Waals surface area (Å²) in [6.45, 7) is 2.76. The summed E-state index contributed by atoms with van der Waals surface area (Å²) >= 11 is 0. The molecule has 1 fully saturated rings. The van der Waals surface area contributed by atoms with E-state index >= 15 is 0 Å². The lowest BCUT2D eigenvalue weighted by Gasteiger charge is -2.22. The summed E-state index contributed by atoms with van der Waals surface area (Å²) in [4.78, 5) is 17.2. The number of halogens is 1. The number of rotatable bonds is 1. The van der Waals surface area contributed by atoms with Gasteiger partial charge < -0.3 is 10.0 Å². The first-order valence-corrected chi connectivity index (χ1v) is 6.12. The van der Waals surface area contributed by atoms with Gasteiger partial charge in [-0.3, -0.25) is 4.79 Å². The summed E-state index contributed by atoms with van der Waals surface area (Å²) in [5.41, 5.74) is -0.735. The second kappa shape index (κ2) is 5.02. The van der Waals surface area contributed by atoms with Crippen molar-refractivity contribution in [3.8, 4) is 0 Å². The zero-order chi connectivity index (χ0) is 13.2. The highest BCUT2D eigenvalue weighted by Gasteiger charge is 2.28. The number of nitrogens with zero attached hydrogens (tertiary/aromatic N) is 2. The Morgan fingerprint density at radius 2 is 2.28 bits per heavy atom. The minimum atomic E-state index is -0.737. The molecule has 4 nitrogen and oxygen atoms in total. The molecule has 1 aliphatic heterocycles. The van der Waals surface area contributed by atoms with Gasteiger partial charge in [-0.1, -0.05) is 0 Å². The zero-order valence-corrected chi connectivity index (χ0v) is 10.4. The van der Waals surface area contributed by atoms with Crippen LogP contribution in [0.15, 0.2) is 18.3 Å². The molecule has 98 valence electrons. The second-order valence-electron chi connectivity index (χ2n) is 4.98. The monoisotopic (exact) mass is 252 g/mol. The van der Waals surface area contributed by atoms with Crippen molar-refractivity contribution in [2.45, 2.75) is 31.8 Å². The van der Waals surface area contributed by atoms with Crippen LogP contribution in [0.2, 0.25) is 0 Å². The number of carbonyl (C=O) groups excluding carboxylic acids is 1. The smallest absolute Gasteiger partial charge is 0.258 e. The molecule has 0 spiro atoms. The molecule has 0 saturated carbocycles. The van der Waals surface area contributed by atoms with Gasteiger partial charge in [-0.2, -0.15) is 4.39 Å². The SMILES string of the molecule is CC1(O)CCCN(C(=O)c2cccnc2F)CC1. The van der Waals surface area contributed by atoms with E-state index in [1.54, 1.807) is 17.9 Å². The van der Waals surface area contributed by atoms with E-state index in [1.165, 1.54) is 12.3 Å². The minimum Gasteiger partial charge on any atom is -0.390 e. The van der Waals surface area contributed by atoms with E-state index in [0.717, 1.165) is 6.42 Å². The molecule has 1 N–H and O–H groups in total. The van der Waals surface area contributed by atoms with E-state index in [0.29, 0.717) is 25.9 Å². The first kappa shape index (κ1) is 13.0. The van der Waals surface area contributed by atoms with Crippen molar-refractivity contribution in [3.63, 3.8) is 0 Å². The van der Waals surface area contributed by atoms with Crippen molar-refractivity contribution in [1.29, 1.82) is 0 Å². The van der Waals surface area contributed by atoms with Crippen LogP contribution in [-0.4, -0.2) is 39.6 Å². The van der Waals surface area contributed by atoms with Gasteiger partial charge in [0.2, 0.25) is 5.95 Å². The van der Waals surface area contributed by atoms with Crippen LogP contribution < -0.4 is 0 Å². The van der Waals surface area contributed by atoms with Crippen molar-refractivity contribution in [2.75, 3.05) is 13.1 Å². The van der Waals surface area contributed by atoms with Crippen molar-refractivity contribution in [2.24, 2.45) is 0 Å². The van der Waals surface area contributed by atoms with E-state index in [2.05, 4.69) is 4.98 Å². The highest BCUT2D eigenvalue weighted by Crippen LogP contribution is 2.22. The third-order valence-electron chi connectivity index (χ3n) is 3.34. The molecule has 1 aromatic rings. The molecule has 1 amide bonds. The van der Waals surface area contributed by atoms with Crippen LogP contribution in [0.1, 0.15) is 36.5 Å². The van der Waals surface area contributed by atoms with Crippen LogP contribution in [0.25, 0.3) is 0 Å². The van der Waals surface area contributed by atoms with Crippen molar-refractivity contribution < 1.29 is 14.3 Å². The predicted molar refractivity (Wildman–Crippen MR) is 64.6 cm³/mol. The summed E-state index contributed by atoms with van der Waals surface area (Å²) < 4.78 is 13.4. The van der Waals surface area contributed by atoms with Gasteiger partial charge in [0.15, 0.2) is 0 Å². The van der Waals surface area contributed by atoms with Gasteiger partial charge in [-0.05, 0) is 38.3 Å².